The molecule has 51 heavy (non-hydrogen) atoms. The van der Waals surface area contributed by atoms with Crippen LogP contribution in [0.3, 0.4) is 0 Å². The molecule has 1 rings (SSSR count). The second-order valence-electron chi connectivity index (χ2n) is 18.6. The highest BCUT2D eigenvalue weighted by Gasteiger charge is 2.27. The molecule has 1 aromatic carbocycles. The van der Waals surface area contributed by atoms with Gasteiger partial charge in [-0.2, -0.15) is 0 Å². The number of amides is 3. The fourth-order valence-electron chi connectivity index (χ4n) is 4.39. The number of ether oxygens (including phenoxy) is 3. The van der Waals surface area contributed by atoms with E-state index in [1.54, 1.807) is 6.92 Å². The lowest BCUT2D eigenvalue weighted by atomic mass is 9.91. The first-order valence-electron chi connectivity index (χ1n) is 18.2. The van der Waals surface area contributed by atoms with Crippen molar-refractivity contribution in [3.05, 3.63) is 34.9 Å². The third kappa shape index (κ3) is 18.6. The van der Waals surface area contributed by atoms with Crippen molar-refractivity contribution >= 4 is 17.7 Å². The molecule has 0 aliphatic heterocycles. The number of hydrogen-bond donors (Lipinski definition) is 6. The number of nitrogens with one attached hydrogen (secondary N) is 3. The molecule has 1 aromatic rings. The average molecular weight is 721 g/mol. The van der Waals surface area contributed by atoms with E-state index in [2.05, 4.69) is 36.7 Å². The molecule has 12 nitrogen and oxygen atoms in total. The summed E-state index contributed by atoms with van der Waals surface area (Å²) in [5.74, 6) is -1.29. The molecule has 0 aliphatic carbocycles. The van der Waals surface area contributed by atoms with Crippen molar-refractivity contribution in [2.45, 2.75) is 95.0 Å². The molecular formula is C39H72N6O6. The maximum atomic E-state index is 13.5. The number of carbonyl (C=O) groups is 3. The van der Waals surface area contributed by atoms with E-state index in [0.717, 1.165) is 6.42 Å². The zero-order valence-corrected chi connectivity index (χ0v) is 33.9. The Hall–Kier alpha value is -2.61. The summed E-state index contributed by atoms with van der Waals surface area (Å²) in [6.45, 7) is 28.6. The predicted molar refractivity (Wildman–Crippen MR) is 206 cm³/mol. The van der Waals surface area contributed by atoms with E-state index in [4.69, 9.17) is 31.4 Å². The Kier molecular flexibility index (Phi) is 17.7. The first-order chi connectivity index (χ1) is 23.3. The number of carbonyl (C=O) groups excluding carboxylic acids is 3. The summed E-state index contributed by atoms with van der Waals surface area (Å²) >= 11 is 0. The summed E-state index contributed by atoms with van der Waals surface area (Å²) in [4.78, 5) is 40.5. The molecule has 1 atom stereocenters. The van der Waals surface area contributed by atoms with Gasteiger partial charge in [0.2, 0.25) is 0 Å². The summed E-state index contributed by atoms with van der Waals surface area (Å²) in [7, 11) is 0. The van der Waals surface area contributed by atoms with Crippen LogP contribution in [0.25, 0.3) is 0 Å². The van der Waals surface area contributed by atoms with Gasteiger partial charge in [0.15, 0.2) is 0 Å². The van der Waals surface area contributed by atoms with E-state index in [9.17, 15) is 14.4 Å². The second-order valence-corrected chi connectivity index (χ2v) is 18.6. The molecule has 12 heteroatoms. The van der Waals surface area contributed by atoms with Crippen LogP contribution < -0.4 is 33.2 Å². The van der Waals surface area contributed by atoms with E-state index in [1.165, 1.54) is 18.2 Å². The molecule has 0 saturated heterocycles. The van der Waals surface area contributed by atoms with Crippen molar-refractivity contribution in [1.82, 2.24) is 16.0 Å². The molecule has 9 N–H and O–H groups in total. The standard InChI is InChI=1S/C39H72N6O6/c1-13-34(2,3)22-51-27-39(12,42)21-45-33(48)30-15-28(31(46)43-19-37(8,9)25-49-23-35(4,5)17-40)14-29(16-30)32(47)44-20-38(10,11)26-50-24-36(6,7)18-41/h14-16H,13,17-27,40-42H2,1-12H3,(H,43,46)(H,44,47)(H,45,48). The van der Waals surface area contributed by atoms with E-state index in [1.807, 2.05) is 55.4 Å². The van der Waals surface area contributed by atoms with Crippen LogP contribution >= 0.6 is 0 Å². The van der Waals surface area contributed by atoms with Gasteiger partial charge in [0.25, 0.3) is 17.7 Å². The third-order valence-corrected chi connectivity index (χ3v) is 8.79. The van der Waals surface area contributed by atoms with Crippen molar-refractivity contribution in [2.24, 2.45) is 44.3 Å². The van der Waals surface area contributed by atoms with Gasteiger partial charge in [-0.1, -0.05) is 76.2 Å². The monoisotopic (exact) mass is 721 g/mol. The summed E-state index contributed by atoms with van der Waals surface area (Å²) in [6.07, 6.45) is 0.960. The van der Waals surface area contributed by atoms with Crippen LogP contribution in [0.5, 0.6) is 0 Å². The average Bonchev–Trinajstić information content (AvgIpc) is 3.04. The van der Waals surface area contributed by atoms with Crippen LogP contribution in [0.1, 0.15) is 121 Å². The molecule has 0 aromatic heterocycles. The van der Waals surface area contributed by atoms with Gasteiger partial charge in [0, 0.05) is 58.0 Å². The lowest BCUT2D eigenvalue weighted by Gasteiger charge is -2.29. The molecule has 0 aliphatic rings. The molecule has 0 saturated carbocycles. The predicted octanol–water partition coefficient (Wildman–Crippen LogP) is 4.10. The van der Waals surface area contributed by atoms with Crippen LogP contribution in [0.15, 0.2) is 18.2 Å². The van der Waals surface area contributed by atoms with Crippen molar-refractivity contribution in [2.75, 3.05) is 72.4 Å². The van der Waals surface area contributed by atoms with Gasteiger partial charge in [0.1, 0.15) is 0 Å². The minimum atomic E-state index is -0.839. The summed E-state index contributed by atoms with van der Waals surface area (Å²) < 4.78 is 17.7. The van der Waals surface area contributed by atoms with Gasteiger partial charge in [0.05, 0.1) is 45.2 Å². The van der Waals surface area contributed by atoms with Crippen molar-refractivity contribution in [3.63, 3.8) is 0 Å². The molecule has 3 amide bonds. The molecule has 0 bridgehead atoms. The van der Waals surface area contributed by atoms with Gasteiger partial charge < -0.3 is 47.4 Å². The van der Waals surface area contributed by atoms with E-state index in [-0.39, 0.29) is 56.9 Å². The van der Waals surface area contributed by atoms with Gasteiger partial charge in [-0.3, -0.25) is 14.4 Å². The Labute approximate surface area is 308 Å². The highest BCUT2D eigenvalue weighted by atomic mass is 16.5. The zero-order valence-electron chi connectivity index (χ0n) is 33.9. The van der Waals surface area contributed by atoms with Crippen LogP contribution in [0.4, 0.5) is 0 Å². The van der Waals surface area contributed by atoms with Crippen molar-refractivity contribution in [1.29, 1.82) is 0 Å². The number of benzene rings is 1. The Morgan fingerprint density at radius 2 is 0.804 bits per heavy atom. The Bertz CT molecular complexity index is 1110. The van der Waals surface area contributed by atoms with E-state index < -0.39 is 23.3 Å². The number of rotatable bonds is 24. The van der Waals surface area contributed by atoms with Crippen LogP contribution in [-0.4, -0.2) is 95.6 Å². The van der Waals surface area contributed by atoms with Crippen molar-refractivity contribution < 1.29 is 28.6 Å². The van der Waals surface area contributed by atoms with Gasteiger partial charge in [-0.15, -0.1) is 0 Å². The summed E-state index contributed by atoms with van der Waals surface area (Å²) in [5, 5.41) is 8.78. The molecule has 0 fully saturated rings. The lowest BCUT2D eigenvalue weighted by Crippen LogP contribution is -2.51. The normalized spacial score (nSPS) is 14.2. The van der Waals surface area contributed by atoms with Gasteiger partial charge in [-0.05, 0) is 50.0 Å². The molecule has 0 spiro atoms. The van der Waals surface area contributed by atoms with Gasteiger partial charge >= 0.3 is 0 Å². The number of hydrogen-bond acceptors (Lipinski definition) is 9. The topological polar surface area (TPSA) is 193 Å². The van der Waals surface area contributed by atoms with Crippen LogP contribution in [0.2, 0.25) is 0 Å². The van der Waals surface area contributed by atoms with E-state index in [0.29, 0.717) is 59.2 Å². The minimum absolute atomic E-state index is 0.0184. The minimum Gasteiger partial charge on any atom is -0.380 e. The summed E-state index contributed by atoms with van der Waals surface area (Å²) in [6, 6.07) is 4.47. The lowest BCUT2D eigenvalue weighted by molar-refractivity contribution is 0.0182. The quantitative estimate of drug-likeness (QED) is 0.0912. The summed E-state index contributed by atoms with van der Waals surface area (Å²) in [5.41, 5.74) is 16.7. The largest absolute Gasteiger partial charge is 0.380 e. The number of nitrogens with two attached hydrogens (primary N) is 3. The van der Waals surface area contributed by atoms with Crippen LogP contribution in [0, 0.1) is 27.1 Å². The fourth-order valence-corrected chi connectivity index (χ4v) is 4.39. The van der Waals surface area contributed by atoms with Crippen LogP contribution in [-0.2, 0) is 14.2 Å². The highest BCUT2D eigenvalue weighted by molar-refractivity contribution is 6.04. The molecule has 0 heterocycles. The van der Waals surface area contributed by atoms with Gasteiger partial charge in [-0.25, -0.2) is 0 Å². The highest BCUT2D eigenvalue weighted by Crippen LogP contribution is 2.22. The SMILES string of the molecule is CCC(C)(C)COCC(C)(N)CNC(=O)c1cc(C(=O)NCC(C)(C)COCC(C)(C)CN)cc(C(=O)NCC(C)(C)COCC(C)(C)CN)c1. The first-order valence-corrected chi connectivity index (χ1v) is 18.2. The molecule has 294 valence electrons. The zero-order chi connectivity index (χ0) is 39.3. The Balaban J connectivity index is 3.15. The van der Waals surface area contributed by atoms with E-state index >= 15 is 0 Å². The third-order valence-electron chi connectivity index (χ3n) is 8.79. The Morgan fingerprint density at radius 1 is 0.510 bits per heavy atom. The molecule has 1 unspecified atom stereocenters. The second kappa shape index (κ2) is 19.5. The molecule has 0 radical (unpaired) electrons. The maximum absolute atomic E-state index is 13.5. The fraction of sp³-hybridized carbons (Fsp3) is 0.769. The first kappa shape index (κ1) is 46.4. The molecular weight excluding hydrogens is 648 g/mol. The smallest absolute Gasteiger partial charge is 0.251 e. The Morgan fingerprint density at radius 3 is 1.14 bits per heavy atom. The van der Waals surface area contributed by atoms with Crippen molar-refractivity contribution in [3.8, 4) is 0 Å². The maximum Gasteiger partial charge on any atom is 0.251 e.